The summed E-state index contributed by atoms with van der Waals surface area (Å²) in [7, 11) is 0. The largest absolute Gasteiger partial charge is 0.326 e. The first-order chi connectivity index (χ1) is 12.6. The van der Waals surface area contributed by atoms with Crippen LogP contribution in [0.2, 0.25) is 0 Å². The molecule has 3 rings (SSSR count). The molecule has 27 heavy (non-hydrogen) atoms. The molecule has 1 atom stereocenters. The molecule has 0 saturated carbocycles. The minimum absolute atomic E-state index is 0. The molecule has 0 aromatic heterocycles. The zero-order chi connectivity index (χ0) is 18.4. The number of hydrogen-bond acceptors (Lipinski definition) is 4. The van der Waals surface area contributed by atoms with Gasteiger partial charge in [0, 0.05) is 47.5 Å². The van der Waals surface area contributed by atoms with Crippen LogP contribution in [0.5, 0.6) is 0 Å². The van der Waals surface area contributed by atoms with Crippen molar-refractivity contribution >= 4 is 47.4 Å². The van der Waals surface area contributed by atoms with Crippen molar-refractivity contribution < 1.29 is 14.0 Å². The van der Waals surface area contributed by atoms with Crippen LogP contribution in [-0.4, -0.2) is 35.9 Å². The molecule has 2 aromatic carbocycles. The maximum Gasteiger partial charge on any atom is 0.255 e. The molecule has 1 aliphatic rings. The van der Waals surface area contributed by atoms with Gasteiger partial charge in [0.25, 0.3) is 5.91 Å². The SMILES string of the molecule is Cl.O=C(CC1CSCCN1)Nc1cccc(C(=O)Nc2cccc(F)c2)c1. The molecule has 3 N–H and O–H groups in total. The van der Waals surface area contributed by atoms with E-state index in [1.54, 1.807) is 30.3 Å². The number of rotatable bonds is 5. The van der Waals surface area contributed by atoms with Gasteiger partial charge in [-0.1, -0.05) is 12.1 Å². The van der Waals surface area contributed by atoms with Gasteiger partial charge in [-0.05, 0) is 36.4 Å². The summed E-state index contributed by atoms with van der Waals surface area (Å²) < 4.78 is 13.2. The molecule has 1 aliphatic heterocycles. The first kappa shape index (κ1) is 21.2. The number of benzene rings is 2. The Labute approximate surface area is 167 Å². The summed E-state index contributed by atoms with van der Waals surface area (Å²) in [5.41, 5.74) is 1.33. The summed E-state index contributed by atoms with van der Waals surface area (Å²) in [6.07, 6.45) is 0.396. The third-order valence-corrected chi connectivity index (χ3v) is 5.05. The van der Waals surface area contributed by atoms with Crippen LogP contribution in [0, 0.1) is 5.82 Å². The lowest BCUT2D eigenvalue weighted by molar-refractivity contribution is -0.116. The lowest BCUT2D eigenvalue weighted by atomic mass is 10.1. The highest BCUT2D eigenvalue weighted by Crippen LogP contribution is 2.16. The molecule has 0 radical (unpaired) electrons. The second kappa shape index (κ2) is 10.3. The van der Waals surface area contributed by atoms with Gasteiger partial charge in [0.2, 0.25) is 5.91 Å². The van der Waals surface area contributed by atoms with Crippen molar-refractivity contribution in [2.75, 3.05) is 28.7 Å². The lowest BCUT2D eigenvalue weighted by Gasteiger charge is -2.22. The molecule has 1 fully saturated rings. The second-order valence-corrected chi connectivity index (χ2v) is 7.17. The Morgan fingerprint density at radius 1 is 1.11 bits per heavy atom. The second-order valence-electron chi connectivity index (χ2n) is 6.02. The van der Waals surface area contributed by atoms with Gasteiger partial charge in [0.05, 0.1) is 0 Å². The van der Waals surface area contributed by atoms with Crippen LogP contribution in [0.3, 0.4) is 0 Å². The molecule has 1 unspecified atom stereocenters. The van der Waals surface area contributed by atoms with Crippen LogP contribution < -0.4 is 16.0 Å². The summed E-state index contributed by atoms with van der Waals surface area (Å²) in [5, 5.41) is 8.79. The van der Waals surface area contributed by atoms with Crippen LogP contribution >= 0.6 is 24.2 Å². The minimum Gasteiger partial charge on any atom is -0.326 e. The van der Waals surface area contributed by atoms with E-state index in [1.807, 2.05) is 11.8 Å². The fraction of sp³-hybridized carbons (Fsp3) is 0.263. The fourth-order valence-corrected chi connectivity index (χ4v) is 3.64. The monoisotopic (exact) mass is 409 g/mol. The van der Waals surface area contributed by atoms with E-state index in [0.717, 1.165) is 18.1 Å². The normalized spacial score (nSPS) is 16.1. The van der Waals surface area contributed by atoms with Gasteiger partial charge in [0.1, 0.15) is 5.82 Å². The standard InChI is InChI=1S/C19H20FN3O2S.ClH/c20-14-4-2-6-16(10-14)23-19(25)13-3-1-5-15(9-13)22-18(24)11-17-12-26-8-7-21-17;/h1-6,9-10,17,21H,7-8,11-12H2,(H,22,24)(H,23,25);1H. The predicted octanol–water partition coefficient (Wildman–Crippen LogP) is 3.53. The molecular weight excluding hydrogens is 389 g/mol. The number of carbonyl (C=O) groups is 2. The van der Waals surface area contributed by atoms with E-state index in [-0.39, 0.29) is 30.3 Å². The Kier molecular flexibility index (Phi) is 8.09. The maximum atomic E-state index is 13.2. The molecule has 1 heterocycles. The molecule has 0 spiro atoms. The van der Waals surface area contributed by atoms with Gasteiger partial charge in [-0.15, -0.1) is 12.4 Å². The van der Waals surface area contributed by atoms with Crippen LogP contribution in [0.1, 0.15) is 16.8 Å². The van der Waals surface area contributed by atoms with Crippen molar-refractivity contribution in [1.29, 1.82) is 0 Å². The smallest absolute Gasteiger partial charge is 0.255 e. The van der Waals surface area contributed by atoms with E-state index in [4.69, 9.17) is 0 Å². The van der Waals surface area contributed by atoms with Crippen LogP contribution in [-0.2, 0) is 4.79 Å². The number of carbonyl (C=O) groups excluding carboxylic acids is 2. The summed E-state index contributed by atoms with van der Waals surface area (Å²) in [4.78, 5) is 24.5. The molecule has 8 heteroatoms. The molecule has 0 bridgehead atoms. The van der Waals surface area contributed by atoms with E-state index < -0.39 is 5.82 Å². The van der Waals surface area contributed by atoms with E-state index in [1.165, 1.54) is 18.2 Å². The molecule has 2 aromatic rings. The molecule has 5 nitrogen and oxygen atoms in total. The highest BCUT2D eigenvalue weighted by molar-refractivity contribution is 7.99. The van der Waals surface area contributed by atoms with Crippen molar-refractivity contribution in [2.45, 2.75) is 12.5 Å². The topological polar surface area (TPSA) is 70.2 Å². The average molecular weight is 410 g/mol. The van der Waals surface area contributed by atoms with Crippen LogP contribution in [0.4, 0.5) is 15.8 Å². The lowest BCUT2D eigenvalue weighted by Crippen LogP contribution is -2.39. The number of thioether (sulfide) groups is 1. The van der Waals surface area contributed by atoms with Gasteiger partial charge in [0.15, 0.2) is 0 Å². The molecule has 144 valence electrons. The van der Waals surface area contributed by atoms with Crippen LogP contribution in [0.15, 0.2) is 48.5 Å². The summed E-state index contributed by atoms with van der Waals surface area (Å²) in [6.45, 7) is 0.915. The minimum atomic E-state index is -0.418. The van der Waals surface area contributed by atoms with Crippen LogP contribution in [0.25, 0.3) is 0 Å². The zero-order valence-corrected chi connectivity index (χ0v) is 16.2. The molecule has 1 saturated heterocycles. The fourth-order valence-electron chi connectivity index (χ4n) is 2.69. The predicted molar refractivity (Wildman–Crippen MR) is 110 cm³/mol. The Hall–Kier alpha value is -2.09. The third-order valence-electron chi connectivity index (χ3n) is 3.92. The summed E-state index contributed by atoms with van der Waals surface area (Å²) in [6, 6.07) is 12.6. The van der Waals surface area contributed by atoms with Gasteiger partial charge in [-0.25, -0.2) is 4.39 Å². The van der Waals surface area contributed by atoms with E-state index in [0.29, 0.717) is 23.4 Å². The highest BCUT2D eigenvalue weighted by Gasteiger charge is 2.17. The zero-order valence-electron chi connectivity index (χ0n) is 14.5. The first-order valence-electron chi connectivity index (χ1n) is 8.38. The number of nitrogens with one attached hydrogen (secondary N) is 3. The Morgan fingerprint density at radius 3 is 2.56 bits per heavy atom. The van der Waals surface area contributed by atoms with Crippen molar-refractivity contribution in [3.63, 3.8) is 0 Å². The Balaban J connectivity index is 0.00000261. The summed E-state index contributed by atoms with van der Waals surface area (Å²) >= 11 is 1.84. The van der Waals surface area contributed by atoms with E-state index in [9.17, 15) is 14.0 Å². The van der Waals surface area contributed by atoms with E-state index >= 15 is 0 Å². The highest BCUT2D eigenvalue weighted by atomic mass is 35.5. The Bertz CT molecular complexity index is 800. The van der Waals surface area contributed by atoms with Crippen molar-refractivity contribution in [3.8, 4) is 0 Å². The number of hydrogen-bond donors (Lipinski definition) is 3. The van der Waals surface area contributed by atoms with Gasteiger partial charge in [-0.2, -0.15) is 11.8 Å². The van der Waals surface area contributed by atoms with Crippen molar-refractivity contribution in [3.05, 3.63) is 59.9 Å². The first-order valence-corrected chi connectivity index (χ1v) is 9.53. The number of halogens is 2. The Morgan fingerprint density at radius 2 is 1.85 bits per heavy atom. The quantitative estimate of drug-likeness (QED) is 0.706. The average Bonchev–Trinajstić information content (AvgIpc) is 2.62. The summed E-state index contributed by atoms with van der Waals surface area (Å²) in [5.74, 6) is 1.12. The third kappa shape index (κ3) is 6.53. The van der Waals surface area contributed by atoms with Gasteiger partial charge < -0.3 is 16.0 Å². The number of anilines is 2. The number of amides is 2. The molecule has 2 amide bonds. The molecule has 0 aliphatic carbocycles. The van der Waals surface area contributed by atoms with Gasteiger partial charge >= 0.3 is 0 Å². The van der Waals surface area contributed by atoms with Crippen molar-refractivity contribution in [1.82, 2.24) is 5.32 Å². The molecular formula is C19H21ClFN3O2S. The van der Waals surface area contributed by atoms with Crippen molar-refractivity contribution in [2.24, 2.45) is 0 Å². The van der Waals surface area contributed by atoms with E-state index in [2.05, 4.69) is 16.0 Å². The van der Waals surface area contributed by atoms with Gasteiger partial charge in [-0.3, -0.25) is 9.59 Å². The maximum absolute atomic E-state index is 13.2.